The molecule has 1 fully saturated rings. The van der Waals surface area contributed by atoms with Crippen molar-refractivity contribution < 1.29 is 4.39 Å². The van der Waals surface area contributed by atoms with E-state index in [1.807, 2.05) is 13.0 Å². The monoisotopic (exact) mass is 293 g/mol. The normalized spacial score (nSPS) is 18.3. The number of rotatable bonds is 5. The molecule has 0 spiro atoms. The Kier molecular flexibility index (Phi) is 5.59. The molecule has 0 amide bonds. The zero-order chi connectivity index (χ0) is 15.4. The van der Waals surface area contributed by atoms with Crippen LogP contribution in [-0.4, -0.2) is 43.2 Å². The zero-order valence-corrected chi connectivity index (χ0v) is 13.5. The van der Waals surface area contributed by atoms with Crippen LogP contribution >= 0.6 is 0 Å². The third kappa shape index (κ3) is 3.95. The van der Waals surface area contributed by atoms with Gasteiger partial charge in [-0.25, -0.2) is 4.39 Å². The molecular formula is C17H28FN3. The maximum Gasteiger partial charge on any atom is 0.128 e. The Morgan fingerprint density at radius 1 is 1.19 bits per heavy atom. The third-order valence-corrected chi connectivity index (χ3v) is 4.47. The van der Waals surface area contributed by atoms with Gasteiger partial charge in [0.2, 0.25) is 0 Å². The van der Waals surface area contributed by atoms with Gasteiger partial charge >= 0.3 is 0 Å². The highest BCUT2D eigenvalue weighted by Crippen LogP contribution is 2.26. The van der Waals surface area contributed by atoms with Crippen LogP contribution in [0.1, 0.15) is 32.8 Å². The molecule has 0 bridgehead atoms. The predicted octanol–water partition coefficient (Wildman–Crippen LogP) is 2.64. The highest BCUT2D eigenvalue weighted by atomic mass is 19.1. The summed E-state index contributed by atoms with van der Waals surface area (Å²) in [6.45, 7) is 10.5. The van der Waals surface area contributed by atoms with Crippen LogP contribution in [-0.2, 0) is 6.42 Å². The lowest BCUT2D eigenvalue weighted by Gasteiger charge is -2.39. The fourth-order valence-electron chi connectivity index (χ4n) is 2.93. The first kappa shape index (κ1) is 16.2. The van der Waals surface area contributed by atoms with Gasteiger partial charge in [0.1, 0.15) is 5.82 Å². The first-order valence-electron chi connectivity index (χ1n) is 8.04. The number of nitrogens with two attached hydrogens (primary N) is 1. The first-order chi connectivity index (χ1) is 10.0. The SMILES string of the molecule is CCC(N)Cc1c(F)cccc1N1CCN(C(C)C)CC1. The molecule has 0 aromatic heterocycles. The lowest BCUT2D eigenvalue weighted by Crippen LogP contribution is -2.49. The number of piperazine rings is 1. The number of hydrogen-bond donors (Lipinski definition) is 1. The summed E-state index contributed by atoms with van der Waals surface area (Å²) in [5.74, 6) is -0.123. The van der Waals surface area contributed by atoms with Crippen LogP contribution in [0.5, 0.6) is 0 Å². The zero-order valence-electron chi connectivity index (χ0n) is 13.5. The Hall–Kier alpha value is -1.13. The summed E-state index contributed by atoms with van der Waals surface area (Å²) < 4.78 is 14.2. The summed E-state index contributed by atoms with van der Waals surface area (Å²) in [6.07, 6.45) is 1.48. The summed E-state index contributed by atoms with van der Waals surface area (Å²) >= 11 is 0. The van der Waals surface area contributed by atoms with Gasteiger partial charge in [-0.1, -0.05) is 13.0 Å². The summed E-state index contributed by atoms with van der Waals surface area (Å²) in [5, 5.41) is 0. The molecule has 1 heterocycles. The number of halogens is 1. The second-order valence-electron chi connectivity index (χ2n) is 6.23. The third-order valence-electron chi connectivity index (χ3n) is 4.47. The van der Waals surface area contributed by atoms with Gasteiger partial charge in [-0.2, -0.15) is 0 Å². The smallest absolute Gasteiger partial charge is 0.128 e. The van der Waals surface area contributed by atoms with Crippen LogP contribution < -0.4 is 10.6 Å². The molecule has 21 heavy (non-hydrogen) atoms. The molecule has 4 heteroatoms. The summed E-state index contributed by atoms with van der Waals surface area (Å²) in [5.41, 5.74) is 7.85. The minimum Gasteiger partial charge on any atom is -0.369 e. The van der Waals surface area contributed by atoms with Crippen molar-refractivity contribution >= 4 is 5.69 Å². The van der Waals surface area contributed by atoms with Crippen LogP contribution in [0.4, 0.5) is 10.1 Å². The van der Waals surface area contributed by atoms with Crippen molar-refractivity contribution in [2.45, 2.75) is 45.7 Å². The molecule has 0 saturated carbocycles. The molecule has 1 unspecified atom stereocenters. The van der Waals surface area contributed by atoms with Crippen molar-refractivity contribution in [2.24, 2.45) is 5.73 Å². The van der Waals surface area contributed by atoms with E-state index in [2.05, 4.69) is 23.6 Å². The van der Waals surface area contributed by atoms with Crippen LogP contribution in [0.25, 0.3) is 0 Å². The highest BCUT2D eigenvalue weighted by molar-refractivity contribution is 5.55. The van der Waals surface area contributed by atoms with Crippen LogP contribution in [0, 0.1) is 5.82 Å². The van der Waals surface area contributed by atoms with Gasteiger partial charge in [0.05, 0.1) is 0 Å². The molecule has 1 aliphatic heterocycles. The number of hydrogen-bond acceptors (Lipinski definition) is 3. The molecule has 1 aromatic rings. The van der Waals surface area contributed by atoms with Gasteiger partial charge in [-0.15, -0.1) is 0 Å². The van der Waals surface area contributed by atoms with Gasteiger partial charge in [0.25, 0.3) is 0 Å². The molecule has 1 aromatic carbocycles. The van der Waals surface area contributed by atoms with Crippen molar-refractivity contribution in [3.05, 3.63) is 29.6 Å². The standard InChI is InChI=1S/C17H28FN3/c1-4-14(19)12-15-16(18)6-5-7-17(15)21-10-8-20(9-11-21)13(2)3/h5-7,13-14H,4,8-12,19H2,1-3H3. The predicted molar refractivity (Wildman–Crippen MR) is 87.3 cm³/mol. The fraction of sp³-hybridized carbons (Fsp3) is 0.647. The van der Waals surface area contributed by atoms with Crippen LogP contribution in [0.3, 0.4) is 0 Å². The van der Waals surface area contributed by atoms with E-state index in [0.717, 1.165) is 43.9 Å². The van der Waals surface area contributed by atoms with Crippen LogP contribution in [0.2, 0.25) is 0 Å². The van der Waals surface area contributed by atoms with Crippen molar-refractivity contribution in [3.8, 4) is 0 Å². The van der Waals surface area contributed by atoms with Gasteiger partial charge in [0, 0.05) is 49.5 Å². The summed E-state index contributed by atoms with van der Waals surface area (Å²) in [7, 11) is 0. The van der Waals surface area contributed by atoms with Gasteiger partial charge < -0.3 is 10.6 Å². The van der Waals surface area contributed by atoms with E-state index in [-0.39, 0.29) is 11.9 Å². The topological polar surface area (TPSA) is 32.5 Å². The van der Waals surface area contributed by atoms with E-state index in [1.54, 1.807) is 12.1 Å². The van der Waals surface area contributed by atoms with Crippen molar-refractivity contribution in [3.63, 3.8) is 0 Å². The van der Waals surface area contributed by atoms with Crippen molar-refractivity contribution in [1.82, 2.24) is 4.90 Å². The van der Waals surface area contributed by atoms with E-state index < -0.39 is 0 Å². The Morgan fingerprint density at radius 2 is 1.86 bits per heavy atom. The minimum absolute atomic E-state index is 0.0256. The van der Waals surface area contributed by atoms with E-state index in [0.29, 0.717) is 12.5 Å². The average molecular weight is 293 g/mol. The highest BCUT2D eigenvalue weighted by Gasteiger charge is 2.22. The lowest BCUT2D eigenvalue weighted by molar-refractivity contribution is 0.209. The maximum atomic E-state index is 14.2. The van der Waals surface area contributed by atoms with E-state index in [1.165, 1.54) is 0 Å². The van der Waals surface area contributed by atoms with Crippen molar-refractivity contribution in [2.75, 3.05) is 31.1 Å². The molecular weight excluding hydrogens is 265 g/mol. The number of benzene rings is 1. The van der Waals surface area contributed by atoms with Crippen LogP contribution in [0.15, 0.2) is 18.2 Å². The minimum atomic E-state index is -0.123. The number of anilines is 1. The molecule has 0 aliphatic carbocycles. The lowest BCUT2D eigenvalue weighted by atomic mass is 10.0. The average Bonchev–Trinajstić information content (AvgIpc) is 2.49. The fourth-order valence-corrected chi connectivity index (χ4v) is 2.93. The Morgan fingerprint density at radius 3 is 2.43 bits per heavy atom. The molecule has 1 aliphatic rings. The van der Waals surface area contributed by atoms with Gasteiger partial charge in [-0.05, 0) is 38.8 Å². The van der Waals surface area contributed by atoms with E-state index in [9.17, 15) is 4.39 Å². The van der Waals surface area contributed by atoms with E-state index in [4.69, 9.17) is 5.73 Å². The second-order valence-corrected chi connectivity index (χ2v) is 6.23. The molecule has 2 rings (SSSR count). The Labute approximate surface area is 127 Å². The van der Waals surface area contributed by atoms with Crippen molar-refractivity contribution in [1.29, 1.82) is 0 Å². The second kappa shape index (κ2) is 7.23. The molecule has 0 radical (unpaired) electrons. The molecule has 1 atom stereocenters. The van der Waals surface area contributed by atoms with Gasteiger partial charge in [0.15, 0.2) is 0 Å². The molecule has 1 saturated heterocycles. The Bertz CT molecular complexity index is 453. The first-order valence-corrected chi connectivity index (χ1v) is 8.04. The summed E-state index contributed by atoms with van der Waals surface area (Å²) in [6, 6.07) is 5.99. The molecule has 3 nitrogen and oxygen atoms in total. The molecule has 118 valence electrons. The number of nitrogens with zero attached hydrogens (tertiary/aromatic N) is 2. The largest absolute Gasteiger partial charge is 0.369 e. The quantitative estimate of drug-likeness (QED) is 0.906. The molecule has 2 N–H and O–H groups in total. The Balaban J connectivity index is 2.15. The maximum absolute atomic E-state index is 14.2. The van der Waals surface area contributed by atoms with Gasteiger partial charge in [-0.3, -0.25) is 4.90 Å². The summed E-state index contributed by atoms with van der Waals surface area (Å²) in [4.78, 5) is 4.77. The van der Waals surface area contributed by atoms with E-state index >= 15 is 0 Å².